The van der Waals surface area contributed by atoms with E-state index < -0.39 is 0 Å². The van der Waals surface area contributed by atoms with E-state index in [4.69, 9.17) is 4.98 Å². The van der Waals surface area contributed by atoms with E-state index in [0.29, 0.717) is 0 Å². The van der Waals surface area contributed by atoms with Crippen LogP contribution in [0.1, 0.15) is 39.1 Å². The number of hydrogen-bond donors (Lipinski definition) is 0. The van der Waals surface area contributed by atoms with E-state index in [-0.39, 0.29) is 11.9 Å². The molecule has 1 fully saturated rings. The van der Waals surface area contributed by atoms with E-state index in [0.717, 1.165) is 51.5 Å². The number of carbonyl (C=O) groups is 1. The van der Waals surface area contributed by atoms with Crippen LogP contribution in [0.5, 0.6) is 0 Å². The lowest BCUT2D eigenvalue weighted by Gasteiger charge is -2.23. The molecule has 5 rings (SSSR count). The van der Waals surface area contributed by atoms with Crippen molar-refractivity contribution < 1.29 is 4.79 Å². The summed E-state index contributed by atoms with van der Waals surface area (Å²) in [6, 6.07) is 12.2. The fourth-order valence-corrected chi connectivity index (χ4v) is 4.79. The molecule has 0 radical (unpaired) electrons. The largest absolute Gasteiger partial charge is 0.329 e. The van der Waals surface area contributed by atoms with Crippen molar-refractivity contribution in [2.24, 2.45) is 0 Å². The van der Waals surface area contributed by atoms with Crippen molar-refractivity contribution in [1.29, 1.82) is 0 Å². The van der Waals surface area contributed by atoms with Crippen molar-refractivity contribution in [3.63, 3.8) is 0 Å². The third-order valence-corrected chi connectivity index (χ3v) is 6.32. The number of amides is 1. The highest BCUT2D eigenvalue weighted by Crippen LogP contribution is 2.35. The molecule has 1 saturated heterocycles. The van der Waals surface area contributed by atoms with Gasteiger partial charge in [-0.05, 0) is 49.6 Å². The summed E-state index contributed by atoms with van der Waals surface area (Å²) in [7, 11) is 0. The average molecular weight is 388 g/mol. The van der Waals surface area contributed by atoms with E-state index in [1.165, 1.54) is 0 Å². The predicted octanol–water partition coefficient (Wildman–Crippen LogP) is 4.74. The zero-order valence-corrected chi connectivity index (χ0v) is 16.4. The molecule has 5 nitrogen and oxygen atoms in total. The van der Waals surface area contributed by atoms with Crippen LogP contribution in [-0.4, -0.2) is 31.7 Å². The summed E-state index contributed by atoms with van der Waals surface area (Å²) < 4.78 is 2.05. The Bertz CT molecular complexity index is 1150. The van der Waals surface area contributed by atoms with Crippen LogP contribution in [0.15, 0.2) is 61.3 Å². The molecule has 0 aliphatic carbocycles. The molecule has 1 atom stereocenters. The molecule has 6 heteroatoms. The number of aryl methyl sites for hydroxylation is 1. The quantitative estimate of drug-likeness (QED) is 0.509. The third kappa shape index (κ3) is 2.90. The third-order valence-electron chi connectivity index (χ3n) is 5.34. The minimum atomic E-state index is 0.0316. The second kappa shape index (κ2) is 6.87. The molecule has 1 amide bonds. The van der Waals surface area contributed by atoms with E-state index in [2.05, 4.69) is 23.3 Å². The Morgan fingerprint density at radius 2 is 2.11 bits per heavy atom. The summed E-state index contributed by atoms with van der Waals surface area (Å²) in [6.07, 6.45) is 9.52. The number of fused-ring (bicyclic) bond motifs is 1. The van der Waals surface area contributed by atoms with Crippen molar-refractivity contribution in [1.82, 2.24) is 19.3 Å². The molecule has 28 heavy (non-hydrogen) atoms. The first-order valence-electron chi connectivity index (χ1n) is 9.45. The van der Waals surface area contributed by atoms with Crippen LogP contribution in [0.25, 0.3) is 16.6 Å². The maximum Gasteiger partial charge on any atom is 0.264 e. The number of likely N-dealkylation sites (tertiary alicyclic amines) is 1. The molecule has 4 aromatic heterocycles. The molecule has 140 valence electrons. The van der Waals surface area contributed by atoms with Gasteiger partial charge in [0, 0.05) is 35.6 Å². The molecule has 1 aliphatic heterocycles. The second-order valence-corrected chi connectivity index (χ2v) is 8.44. The molecule has 0 unspecified atom stereocenters. The summed E-state index contributed by atoms with van der Waals surface area (Å²) in [5, 5.41) is 0. The molecule has 1 aliphatic rings. The van der Waals surface area contributed by atoms with Crippen molar-refractivity contribution in [3.8, 4) is 11.1 Å². The molecular formula is C22H20N4OS. The van der Waals surface area contributed by atoms with Gasteiger partial charge in [-0.1, -0.05) is 12.1 Å². The van der Waals surface area contributed by atoms with Gasteiger partial charge in [-0.25, -0.2) is 4.98 Å². The normalized spacial score (nSPS) is 16.8. The monoisotopic (exact) mass is 388 g/mol. The number of aromatic nitrogens is 3. The smallest absolute Gasteiger partial charge is 0.264 e. The zero-order chi connectivity index (χ0) is 19.1. The van der Waals surface area contributed by atoms with Gasteiger partial charge in [0.1, 0.15) is 0 Å². The highest BCUT2D eigenvalue weighted by atomic mass is 32.1. The van der Waals surface area contributed by atoms with Crippen LogP contribution >= 0.6 is 11.3 Å². The minimum Gasteiger partial charge on any atom is -0.329 e. The first-order chi connectivity index (χ1) is 13.7. The zero-order valence-electron chi connectivity index (χ0n) is 15.6. The Kier molecular flexibility index (Phi) is 4.20. The van der Waals surface area contributed by atoms with Crippen LogP contribution in [0.2, 0.25) is 0 Å². The SMILES string of the molecule is Cc1ccc(C(=O)N2CCC[C@@H]2c2ncn3cc(-c4cccnc4)ccc23)s1. The number of hydrogen-bond acceptors (Lipinski definition) is 4. The predicted molar refractivity (Wildman–Crippen MR) is 110 cm³/mol. The standard InChI is InChI=1S/C22H20N4OS/c1-15-6-9-20(28-15)22(27)26-11-3-5-19(26)21-18-8-7-17(13-25(18)14-24-21)16-4-2-10-23-12-16/h2,4,6-10,12-14,19H,3,5,11H2,1H3/t19-/m1/s1. The van der Waals surface area contributed by atoms with E-state index in [1.807, 2.05) is 53.0 Å². The van der Waals surface area contributed by atoms with Gasteiger partial charge in [-0.15, -0.1) is 11.3 Å². The molecule has 5 heterocycles. The topological polar surface area (TPSA) is 50.5 Å². The number of carbonyl (C=O) groups excluding carboxylic acids is 1. The molecule has 0 N–H and O–H groups in total. The summed E-state index contributed by atoms with van der Waals surface area (Å²) in [4.78, 5) is 25.9. The maximum absolute atomic E-state index is 13.0. The molecule has 0 saturated carbocycles. The van der Waals surface area contributed by atoms with Crippen molar-refractivity contribution >= 4 is 22.8 Å². The number of rotatable bonds is 3. The van der Waals surface area contributed by atoms with Gasteiger partial charge in [0.2, 0.25) is 0 Å². The molecular weight excluding hydrogens is 368 g/mol. The maximum atomic E-state index is 13.0. The van der Waals surface area contributed by atoms with Crippen LogP contribution < -0.4 is 0 Å². The Hall–Kier alpha value is -2.99. The highest BCUT2D eigenvalue weighted by molar-refractivity contribution is 7.13. The van der Waals surface area contributed by atoms with Gasteiger partial charge in [0.05, 0.1) is 28.5 Å². The first-order valence-corrected chi connectivity index (χ1v) is 10.3. The first kappa shape index (κ1) is 17.1. The molecule has 4 aromatic rings. The fourth-order valence-electron chi connectivity index (χ4n) is 3.97. The highest BCUT2D eigenvalue weighted by Gasteiger charge is 2.33. The fraction of sp³-hybridized carbons (Fsp3) is 0.227. The van der Waals surface area contributed by atoms with Gasteiger partial charge < -0.3 is 9.30 Å². The van der Waals surface area contributed by atoms with Gasteiger partial charge in [-0.2, -0.15) is 0 Å². The Balaban J connectivity index is 1.49. The van der Waals surface area contributed by atoms with Gasteiger partial charge in [-0.3, -0.25) is 9.78 Å². The summed E-state index contributed by atoms with van der Waals surface area (Å²) in [5.41, 5.74) is 4.21. The van der Waals surface area contributed by atoms with E-state index >= 15 is 0 Å². The Labute approximate surface area is 167 Å². The van der Waals surface area contributed by atoms with Crippen LogP contribution in [0.4, 0.5) is 0 Å². The van der Waals surface area contributed by atoms with Crippen LogP contribution in [-0.2, 0) is 0 Å². The second-order valence-electron chi connectivity index (χ2n) is 7.15. The summed E-state index contributed by atoms with van der Waals surface area (Å²) in [5.74, 6) is 0.119. The number of thiophene rings is 1. The van der Waals surface area contributed by atoms with Gasteiger partial charge in [0.15, 0.2) is 0 Å². The van der Waals surface area contributed by atoms with Crippen LogP contribution in [0, 0.1) is 6.92 Å². The Morgan fingerprint density at radius 3 is 2.89 bits per heavy atom. The van der Waals surface area contributed by atoms with E-state index in [1.54, 1.807) is 17.5 Å². The molecule has 0 aromatic carbocycles. The lowest BCUT2D eigenvalue weighted by atomic mass is 10.1. The number of pyridine rings is 2. The molecule has 0 bridgehead atoms. The number of nitrogens with zero attached hydrogens (tertiary/aromatic N) is 4. The minimum absolute atomic E-state index is 0.0316. The average Bonchev–Trinajstić information content (AvgIpc) is 3.46. The van der Waals surface area contributed by atoms with Gasteiger partial charge in [0.25, 0.3) is 5.91 Å². The Morgan fingerprint density at radius 1 is 1.18 bits per heavy atom. The lowest BCUT2D eigenvalue weighted by molar-refractivity contribution is 0.0739. The molecule has 0 spiro atoms. The lowest BCUT2D eigenvalue weighted by Crippen LogP contribution is -2.30. The summed E-state index contributed by atoms with van der Waals surface area (Å²) in [6.45, 7) is 2.82. The van der Waals surface area contributed by atoms with Crippen molar-refractivity contribution in [3.05, 3.63) is 76.8 Å². The number of imidazole rings is 1. The van der Waals surface area contributed by atoms with Crippen molar-refractivity contribution in [2.75, 3.05) is 6.54 Å². The van der Waals surface area contributed by atoms with Gasteiger partial charge >= 0.3 is 0 Å². The van der Waals surface area contributed by atoms with E-state index in [9.17, 15) is 4.79 Å². The summed E-state index contributed by atoms with van der Waals surface area (Å²) >= 11 is 1.56. The van der Waals surface area contributed by atoms with Crippen molar-refractivity contribution in [2.45, 2.75) is 25.8 Å². The van der Waals surface area contributed by atoms with Crippen LogP contribution in [0.3, 0.4) is 0 Å².